The van der Waals surface area contributed by atoms with E-state index < -0.39 is 47.6 Å². The Morgan fingerprint density at radius 3 is 2.69 bits per heavy atom. The van der Waals surface area contributed by atoms with E-state index >= 15 is 0 Å². The molecule has 4 aliphatic rings. The Labute approximate surface area is 227 Å². The van der Waals surface area contributed by atoms with Crippen LogP contribution in [0.25, 0.3) is 0 Å². The number of Topliss-reactive ketones (excluding diaryl/α,β-unsaturated/α-hetero) is 1. The number of likely N-dealkylation sites (tertiary alicyclic amines) is 1. The van der Waals surface area contributed by atoms with Gasteiger partial charge in [0, 0.05) is 24.4 Å². The number of rotatable bonds is 9. The van der Waals surface area contributed by atoms with E-state index in [2.05, 4.69) is 11.0 Å². The van der Waals surface area contributed by atoms with Crippen molar-refractivity contribution in [1.82, 2.24) is 4.90 Å². The predicted molar refractivity (Wildman–Crippen MR) is 137 cm³/mol. The maximum absolute atomic E-state index is 13.4. The van der Waals surface area contributed by atoms with Gasteiger partial charge >= 0.3 is 17.9 Å². The number of aliphatic hydroxyl groups is 1. The number of benzene rings is 1. The van der Waals surface area contributed by atoms with Crippen molar-refractivity contribution in [3.05, 3.63) is 40.7 Å². The number of nitrogens with zero attached hydrogens (tertiary/aromatic N) is 1. The predicted octanol–water partition coefficient (Wildman–Crippen LogP) is 2.05. The summed E-state index contributed by atoms with van der Waals surface area (Å²) in [7, 11) is 2.01. The van der Waals surface area contributed by atoms with Crippen LogP contribution >= 0.6 is 0 Å². The van der Waals surface area contributed by atoms with Crippen molar-refractivity contribution in [1.29, 1.82) is 0 Å². The largest absolute Gasteiger partial charge is 0.481 e. The first-order valence-electron chi connectivity index (χ1n) is 13.5. The SMILES string of the molecule is CCOC(=O)C[C@H](OC(=O)CCC(C)=O)C(=O)OC1=CC[C@@]2(O)[C@H]3Cc4ccc(C)c5c4[C@@]2(CCN3C)[C@H]1O5. The molecule has 1 N–H and O–H groups in total. The summed E-state index contributed by atoms with van der Waals surface area (Å²) in [5.41, 5.74) is 1.10. The minimum atomic E-state index is -1.56. The zero-order valence-electron chi connectivity index (χ0n) is 22.8. The normalized spacial score (nSPS) is 28.9. The van der Waals surface area contributed by atoms with Crippen molar-refractivity contribution in [2.45, 2.75) is 88.6 Å². The summed E-state index contributed by atoms with van der Waals surface area (Å²) in [6.45, 7) is 5.76. The molecule has 39 heavy (non-hydrogen) atoms. The van der Waals surface area contributed by atoms with Crippen LogP contribution in [-0.4, -0.2) is 77.7 Å². The lowest BCUT2D eigenvalue weighted by Gasteiger charge is -2.61. The maximum Gasteiger partial charge on any atom is 0.353 e. The summed E-state index contributed by atoms with van der Waals surface area (Å²) in [5, 5.41) is 12.3. The number of esters is 3. The molecule has 0 saturated carbocycles. The van der Waals surface area contributed by atoms with Crippen molar-refractivity contribution >= 4 is 23.7 Å². The molecule has 2 heterocycles. The molecule has 0 aromatic heterocycles. The fraction of sp³-hybridized carbons (Fsp3) is 0.586. The lowest BCUT2D eigenvalue weighted by atomic mass is 9.50. The molecule has 2 aliphatic carbocycles. The van der Waals surface area contributed by atoms with Gasteiger partial charge in [-0.1, -0.05) is 12.1 Å². The zero-order valence-corrected chi connectivity index (χ0v) is 22.8. The Kier molecular flexibility index (Phi) is 7.05. The van der Waals surface area contributed by atoms with Crippen molar-refractivity contribution in [3.63, 3.8) is 0 Å². The van der Waals surface area contributed by atoms with Gasteiger partial charge in [-0.15, -0.1) is 0 Å². The first kappa shape index (κ1) is 27.3. The highest BCUT2D eigenvalue weighted by Crippen LogP contribution is 2.64. The molecule has 10 heteroatoms. The summed E-state index contributed by atoms with van der Waals surface area (Å²) < 4.78 is 22.6. The van der Waals surface area contributed by atoms with Gasteiger partial charge in [0.2, 0.25) is 6.10 Å². The number of piperidine rings is 1. The number of ether oxygens (including phenoxy) is 4. The number of carbonyl (C=O) groups is 4. The third kappa shape index (κ3) is 4.34. The van der Waals surface area contributed by atoms with E-state index in [4.69, 9.17) is 18.9 Å². The standard InChI is InChI=1S/C29H35NO9/c1-5-36-23(33)15-20(37-22(32)9-7-17(3)31)27(34)38-19-10-11-29(35)21-14-18-8-6-16(2)25-24(18)28(29,26(19)39-25)12-13-30(21)4/h6,8,10,20-21,26,35H,5,7,9,11-15H2,1-4H3/t20-,21+,26-,28-,29+/m0/s1. The molecule has 210 valence electrons. The summed E-state index contributed by atoms with van der Waals surface area (Å²) in [6.07, 6.45) is 0.110. The molecular formula is C29H35NO9. The van der Waals surface area contributed by atoms with Gasteiger partial charge < -0.3 is 33.7 Å². The summed E-state index contributed by atoms with van der Waals surface area (Å²) in [5.74, 6) is -1.72. The Morgan fingerprint density at radius 1 is 1.21 bits per heavy atom. The summed E-state index contributed by atoms with van der Waals surface area (Å²) in [6, 6.07) is 3.96. The number of aryl methyl sites for hydroxylation is 1. The monoisotopic (exact) mass is 541 g/mol. The van der Waals surface area contributed by atoms with E-state index in [1.165, 1.54) is 6.92 Å². The first-order valence-corrected chi connectivity index (χ1v) is 13.5. The maximum atomic E-state index is 13.4. The first-order chi connectivity index (χ1) is 18.5. The Hall–Kier alpha value is -3.24. The molecule has 0 unspecified atom stereocenters. The second-order valence-electron chi connectivity index (χ2n) is 11.0. The van der Waals surface area contributed by atoms with Crippen LogP contribution in [-0.2, 0) is 45.2 Å². The molecular weight excluding hydrogens is 506 g/mol. The number of hydrogen-bond donors (Lipinski definition) is 1. The van der Waals surface area contributed by atoms with Crippen molar-refractivity contribution < 1.29 is 43.2 Å². The van der Waals surface area contributed by atoms with E-state index in [0.29, 0.717) is 18.6 Å². The fourth-order valence-corrected chi connectivity index (χ4v) is 6.81. The lowest BCUT2D eigenvalue weighted by molar-refractivity contribution is -0.178. The number of ketones is 1. The molecule has 1 aromatic carbocycles. The van der Waals surface area contributed by atoms with Crippen LogP contribution in [0, 0.1) is 6.92 Å². The van der Waals surface area contributed by atoms with E-state index in [-0.39, 0.29) is 43.5 Å². The van der Waals surface area contributed by atoms with Gasteiger partial charge in [0.15, 0.2) is 6.10 Å². The van der Waals surface area contributed by atoms with Crippen LogP contribution < -0.4 is 4.74 Å². The van der Waals surface area contributed by atoms with Gasteiger partial charge in [0.1, 0.15) is 17.3 Å². The highest BCUT2D eigenvalue weighted by atomic mass is 16.6. The molecule has 0 amide bonds. The minimum absolute atomic E-state index is 0.0439. The second-order valence-corrected chi connectivity index (χ2v) is 11.0. The van der Waals surface area contributed by atoms with Gasteiger partial charge in [-0.3, -0.25) is 9.59 Å². The van der Waals surface area contributed by atoms with Gasteiger partial charge in [0.25, 0.3) is 0 Å². The van der Waals surface area contributed by atoms with Gasteiger partial charge in [0.05, 0.1) is 30.5 Å². The van der Waals surface area contributed by atoms with Crippen LogP contribution in [0.15, 0.2) is 24.0 Å². The average Bonchev–Trinajstić information content (AvgIpc) is 3.24. The Bertz CT molecular complexity index is 1260. The fourth-order valence-electron chi connectivity index (χ4n) is 6.81. The molecule has 1 spiro atoms. The van der Waals surface area contributed by atoms with E-state index in [1.807, 2.05) is 20.0 Å². The van der Waals surface area contributed by atoms with E-state index in [0.717, 1.165) is 23.2 Å². The van der Waals surface area contributed by atoms with Gasteiger partial charge in [-0.2, -0.15) is 0 Å². The Balaban J connectivity index is 1.45. The highest BCUT2D eigenvalue weighted by molar-refractivity contribution is 5.86. The molecule has 1 saturated heterocycles. The van der Waals surface area contributed by atoms with Crippen LogP contribution in [0.1, 0.15) is 62.6 Å². The van der Waals surface area contributed by atoms with Crippen LogP contribution in [0.5, 0.6) is 5.75 Å². The number of carbonyl (C=O) groups excluding carboxylic acids is 4. The molecule has 1 fully saturated rings. The second kappa shape index (κ2) is 10.1. The lowest BCUT2D eigenvalue weighted by Crippen LogP contribution is -2.74. The van der Waals surface area contributed by atoms with Crippen molar-refractivity contribution in [2.75, 3.05) is 20.2 Å². The van der Waals surface area contributed by atoms with Gasteiger partial charge in [-0.25, -0.2) is 4.79 Å². The quantitative estimate of drug-likeness (QED) is 0.366. The third-order valence-electron chi connectivity index (χ3n) is 8.66. The topological polar surface area (TPSA) is 129 Å². The summed E-state index contributed by atoms with van der Waals surface area (Å²) >= 11 is 0. The van der Waals surface area contributed by atoms with Crippen LogP contribution in [0.3, 0.4) is 0 Å². The number of likely N-dealkylation sites (N-methyl/N-ethyl adjacent to an activating group) is 1. The molecule has 5 rings (SSSR count). The van der Waals surface area contributed by atoms with E-state index in [9.17, 15) is 24.3 Å². The molecule has 2 bridgehead atoms. The number of hydrogen-bond acceptors (Lipinski definition) is 10. The molecule has 0 radical (unpaired) electrons. The van der Waals surface area contributed by atoms with Crippen LogP contribution in [0.4, 0.5) is 0 Å². The third-order valence-corrected chi connectivity index (χ3v) is 8.66. The average molecular weight is 542 g/mol. The molecule has 5 atom stereocenters. The smallest absolute Gasteiger partial charge is 0.353 e. The molecule has 10 nitrogen and oxygen atoms in total. The van der Waals surface area contributed by atoms with Crippen molar-refractivity contribution in [2.24, 2.45) is 0 Å². The Morgan fingerprint density at radius 2 is 1.97 bits per heavy atom. The van der Waals surface area contributed by atoms with E-state index in [1.54, 1.807) is 13.0 Å². The minimum Gasteiger partial charge on any atom is -0.481 e. The molecule has 2 aliphatic heterocycles. The summed E-state index contributed by atoms with van der Waals surface area (Å²) in [4.78, 5) is 51.4. The van der Waals surface area contributed by atoms with Crippen LogP contribution in [0.2, 0.25) is 0 Å². The van der Waals surface area contributed by atoms with Gasteiger partial charge in [-0.05, 0) is 64.4 Å². The highest BCUT2D eigenvalue weighted by Gasteiger charge is 2.71. The zero-order chi connectivity index (χ0) is 28.1. The molecule has 1 aromatic rings. The van der Waals surface area contributed by atoms with Crippen molar-refractivity contribution in [3.8, 4) is 5.75 Å².